The number of imidazole rings is 1. The van der Waals surface area contributed by atoms with Crippen molar-refractivity contribution in [2.24, 2.45) is 0 Å². The largest absolute Gasteiger partial charge is 0.301 e. The van der Waals surface area contributed by atoms with Crippen LogP contribution in [0, 0.1) is 0 Å². The van der Waals surface area contributed by atoms with Gasteiger partial charge in [0.05, 0.1) is 16.9 Å². The SMILES string of the molecule is Clc1ccc2ncc(CN3CCCCC3)n2c1. The molecule has 0 bridgehead atoms. The Morgan fingerprint density at radius 2 is 2.00 bits per heavy atom. The summed E-state index contributed by atoms with van der Waals surface area (Å²) in [5.74, 6) is 0. The van der Waals surface area contributed by atoms with E-state index in [1.807, 2.05) is 24.5 Å². The van der Waals surface area contributed by atoms with Crippen LogP contribution in [0.1, 0.15) is 25.0 Å². The van der Waals surface area contributed by atoms with Crippen LogP contribution in [0.4, 0.5) is 0 Å². The van der Waals surface area contributed by atoms with Crippen molar-refractivity contribution < 1.29 is 0 Å². The van der Waals surface area contributed by atoms with E-state index in [0.29, 0.717) is 0 Å². The van der Waals surface area contributed by atoms with Gasteiger partial charge in [-0.15, -0.1) is 0 Å². The normalized spacial score (nSPS) is 17.7. The van der Waals surface area contributed by atoms with E-state index in [1.165, 1.54) is 38.0 Å². The Morgan fingerprint density at radius 3 is 2.82 bits per heavy atom. The summed E-state index contributed by atoms with van der Waals surface area (Å²) < 4.78 is 2.09. The van der Waals surface area contributed by atoms with E-state index in [4.69, 9.17) is 11.6 Å². The highest BCUT2D eigenvalue weighted by molar-refractivity contribution is 6.30. The van der Waals surface area contributed by atoms with Gasteiger partial charge in [0.15, 0.2) is 0 Å². The Labute approximate surface area is 106 Å². The first-order valence-electron chi connectivity index (χ1n) is 6.17. The highest BCUT2D eigenvalue weighted by Crippen LogP contribution is 2.16. The van der Waals surface area contributed by atoms with Crippen molar-refractivity contribution in [1.82, 2.24) is 14.3 Å². The summed E-state index contributed by atoms with van der Waals surface area (Å²) in [6, 6.07) is 3.84. The van der Waals surface area contributed by atoms with Crippen molar-refractivity contribution in [3.05, 3.63) is 35.2 Å². The first kappa shape index (κ1) is 11.1. The average molecular weight is 250 g/mol. The highest BCUT2D eigenvalue weighted by atomic mass is 35.5. The van der Waals surface area contributed by atoms with Gasteiger partial charge in [-0.25, -0.2) is 4.98 Å². The number of pyridine rings is 1. The summed E-state index contributed by atoms with van der Waals surface area (Å²) in [5, 5.41) is 0.760. The minimum Gasteiger partial charge on any atom is -0.301 e. The van der Waals surface area contributed by atoms with E-state index in [0.717, 1.165) is 17.2 Å². The third kappa shape index (κ3) is 2.31. The molecule has 4 heteroatoms. The lowest BCUT2D eigenvalue weighted by atomic mass is 10.1. The second-order valence-corrected chi connectivity index (χ2v) is 5.10. The average Bonchev–Trinajstić information content (AvgIpc) is 2.73. The van der Waals surface area contributed by atoms with Gasteiger partial charge in [0.1, 0.15) is 5.65 Å². The smallest absolute Gasteiger partial charge is 0.137 e. The lowest BCUT2D eigenvalue weighted by molar-refractivity contribution is 0.218. The van der Waals surface area contributed by atoms with Crippen LogP contribution in [0.15, 0.2) is 24.5 Å². The molecule has 90 valence electrons. The zero-order valence-electron chi connectivity index (χ0n) is 9.77. The molecule has 17 heavy (non-hydrogen) atoms. The van der Waals surface area contributed by atoms with E-state index in [-0.39, 0.29) is 0 Å². The summed E-state index contributed by atoms with van der Waals surface area (Å²) in [6.45, 7) is 3.38. The minimum absolute atomic E-state index is 0.760. The van der Waals surface area contributed by atoms with Crippen LogP contribution in [0.5, 0.6) is 0 Å². The maximum atomic E-state index is 6.03. The number of rotatable bonds is 2. The second-order valence-electron chi connectivity index (χ2n) is 4.66. The van der Waals surface area contributed by atoms with Crippen LogP contribution in [0.3, 0.4) is 0 Å². The van der Waals surface area contributed by atoms with E-state index in [2.05, 4.69) is 14.3 Å². The number of fused-ring (bicyclic) bond motifs is 1. The lowest BCUT2D eigenvalue weighted by Gasteiger charge is -2.25. The van der Waals surface area contributed by atoms with Crippen molar-refractivity contribution in [3.8, 4) is 0 Å². The molecule has 0 radical (unpaired) electrons. The fraction of sp³-hybridized carbons (Fsp3) is 0.462. The maximum absolute atomic E-state index is 6.03. The van der Waals surface area contributed by atoms with Crippen molar-refractivity contribution in [2.45, 2.75) is 25.8 Å². The number of aromatic nitrogens is 2. The molecule has 0 aliphatic carbocycles. The number of likely N-dealkylation sites (tertiary alicyclic amines) is 1. The molecule has 1 aliphatic rings. The first-order chi connectivity index (χ1) is 8.33. The van der Waals surface area contributed by atoms with E-state index in [9.17, 15) is 0 Å². The van der Waals surface area contributed by atoms with Gasteiger partial charge >= 0.3 is 0 Å². The molecule has 2 aromatic heterocycles. The molecule has 1 saturated heterocycles. The third-order valence-corrected chi connectivity index (χ3v) is 3.60. The fourth-order valence-corrected chi connectivity index (χ4v) is 2.63. The van der Waals surface area contributed by atoms with Gasteiger partial charge in [0.25, 0.3) is 0 Å². The van der Waals surface area contributed by atoms with E-state index < -0.39 is 0 Å². The van der Waals surface area contributed by atoms with E-state index in [1.54, 1.807) is 0 Å². The molecule has 1 fully saturated rings. The van der Waals surface area contributed by atoms with Gasteiger partial charge in [-0.05, 0) is 38.1 Å². The zero-order valence-corrected chi connectivity index (χ0v) is 10.5. The summed E-state index contributed by atoms with van der Waals surface area (Å²) in [6.07, 6.45) is 7.91. The van der Waals surface area contributed by atoms with Crippen molar-refractivity contribution >= 4 is 17.2 Å². The predicted molar refractivity (Wildman–Crippen MR) is 69.3 cm³/mol. The topological polar surface area (TPSA) is 20.5 Å². The molecule has 0 amide bonds. The molecule has 0 aromatic carbocycles. The Morgan fingerprint density at radius 1 is 1.18 bits per heavy atom. The number of piperidine rings is 1. The third-order valence-electron chi connectivity index (χ3n) is 3.38. The molecule has 0 unspecified atom stereocenters. The first-order valence-corrected chi connectivity index (χ1v) is 6.54. The van der Waals surface area contributed by atoms with Crippen molar-refractivity contribution in [3.63, 3.8) is 0 Å². The Hall–Kier alpha value is -1.06. The van der Waals surface area contributed by atoms with Gasteiger partial charge in [-0.1, -0.05) is 18.0 Å². The second kappa shape index (κ2) is 4.67. The van der Waals surface area contributed by atoms with Crippen LogP contribution in [0.25, 0.3) is 5.65 Å². The quantitative estimate of drug-likeness (QED) is 0.816. The van der Waals surface area contributed by atoms with Gasteiger partial charge in [-0.3, -0.25) is 4.90 Å². The molecule has 0 spiro atoms. The minimum atomic E-state index is 0.760. The summed E-state index contributed by atoms with van der Waals surface area (Å²) >= 11 is 6.03. The number of hydrogen-bond donors (Lipinski definition) is 0. The summed E-state index contributed by atoms with van der Waals surface area (Å²) in [7, 11) is 0. The van der Waals surface area contributed by atoms with Crippen LogP contribution < -0.4 is 0 Å². The zero-order chi connectivity index (χ0) is 11.7. The van der Waals surface area contributed by atoms with Crippen molar-refractivity contribution in [2.75, 3.05) is 13.1 Å². The molecular formula is C13H16ClN3. The molecule has 0 saturated carbocycles. The number of hydrogen-bond acceptors (Lipinski definition) is 2. The highest BCUT2D eigenvalue weighted by Gasteiger charge is 2.12. The molecular weight excluding hydrogens is 234 g/mol. The predicted octanol–water partition coefficient (Wildman–Crippen LogP) is 2.97. The molecule has 3 heterocycles. The molecule has 1 aliphatic heterocycles. The molecule has 2 aromatic rings. The van der Waals surface area contributed by atoms with Crippen LogP contribution in [-0.4, -0.2) is 27.4 Å². The van der Waals surface area contributed by atoms with Gasteiger partial charge < -0.3 is 4.40 Å². The monoisotopic (exact) mass is 249 g/mol. The van der Waals surface area contributed by atoms with E-state index >= 15 is 0 Å². The van der Waals surface area contributed by atoms with Crippen LogP contribution in [-0.2, 0) is 6.54 Å². The number of nitrogens with zero attached hydrogens (tertiary/aromatic N) is 3. The molecule has 3 nitrogen and oxygen atoms in total. The van der Waals surface area contributed by atoms with Gasteiger partial charge in [0.2, 0.25) is 0 Å². The fourth-order valence-electron chi connectivity index (χ4n) is 2.47. The van der Waals surface area contributed by atoms with Crippen molar-refractivity contribution in [1.29, 1.82) is 0 Å². The Kier molecular flexibility index (Phi) is 3.04. The molecule has 3 rings (SSSR count). The summed E-state index contributed by atoms with van der Waals surface area (Å²) in [4.78, 5) is 6.90. The standard InChI is InChI=1S/C13H16ClN3/c14-11-4-5-13-15-8-12(17(13)9-11)10-16-6-2-1-3-7-16/h4-5,8-9H,1-3,6-7,10H2. The molecule has 0 atom stereocenters. The molecule has 0 N–H and O–H groups in total. The number of halogens is 1. The van der Waals surface area contributed by atoms with Crippen LogP contribution in [0.2, 0.25) is 5.02 Å². The summed E-state index contributed by atoms with van der Waals surface area (Å²) in [5.41, 5.74) is 2.20. The van der Waals surface area contributed by atoms with Crippen LogP contribution >= 0.6 is 11.6 Å². The van der Waals surface area contributed by atoms with Gasteiger partial charge in [-0.2, -0.15) is 0 Å². The van der Waals surface area contributed by atoms with Gasteiger partial charge in [0, 0.05) is 12.7 Å². The Bertz CT molecular complexity index is 514. The Balaban J connectivity index is 1.86. The lowest BCUT2D eigenvalue weighted by Crippen LogP contribution is -2.29. The maximum Gasteiger partial charge on any atom is 0.137 e.